The molecule has 4 fully saturated rings. The van der Waals surface area contributed by atoms with E-state index in [0.29, 0.717) is 18.8 Å². The summed E-state index contributed by atoms with van der Waals surface area (Å²) in [5.41, 5.74) is -1.52. The van der Waals surface area contributed by atoms with Crippen LogP contribution in [0, 0.1) is 17.8 Å². The smallest absolute Gasteiger partial charge is 0.166 e. The first kappa shape index (κ1) is 13.2. The van der Waals surface area contributed by atoms with Crippen LogP contribution in [0.25, 0.3) is 0 Å². The normalized spacial score (nSPS) is 55.5. The van der Waals surface area contributed by atoms with Crippen LogP contribution in [0.15, 0.2) is 0 Å². The van der Waals surface area contributed by atoms with Crippen LogP contribution in [-0.2, 0) is 4.79 Å². The minimum atomic E-state index is -1.15. The molecule has 1 unspecified atom stereocenters. The topological polar surface area (TPSA) is 60.8 Å². The van der Waals surface area contributed by atoms with E-state index in [1.807, 2.05) is 0 Å². The van der Waals surface area contributed by atoms with Crippen molar-refractivity contribution in [3.63, 3.8) is 0 Å². The van der Waals surface area contributed by atoms with Gasteiger partial charge in [0.2, 0.25) is 0 Å². The van der Waals surface area contributed by atoms with Crippen LogP contribution in [0.3, 0.4) is 0 Å². The number of aliphatic hydroxyl groups is 2. The van der Waals surface area contributed by atoms with Crippen molar-refractivity contribution in [3.8, 4) is 0 Å². The highest BCUT2D eigenvalue weighted by Crippen LogP contribution is 2.60. The van der Waals surface area contributed by atoms with Crippen molar-refractivity contribution < 1.29 is 15.0 Å². The van der Waals surface area contributed by atoms with Gasteiger partial charge in [0.25, 0.3) is 0 Å². The molecule has 0 aromatic carbocycles. The van der Waals surface area contributed by atoms with Crippen molar-refractivity contribution in [1.29, 1.82) is 0 Å². The van der Waals surface area contributed by atoms with Gasteiger partial charge in [-0.2, -0.15) is 0 Å². The predicted octanol–water partition coefficient (Wildman–Crippen LogP) is 0.952. The van der Waals surface area contributed by atoms with E-state index in [4.69, 9.17) is 0 Å². The van der Waals surface area contributed by atoms with E-state index in [1.165, 1.54) is 0 Å². The zero-order chi connectivity index (χ0) is 14.1. The van der Waals surface area contributed by atoms with Gasteiger partial charge >= 0.3 is 0 Å². The van der Waals surface area contributed by atoms with Crippen molar-refractivity contribution in [2.24, 2.45) is 17.8 Å². The molecule has 1 spiro atoms. The summed E-state index contributed by atoms with van der Waals surface area (Å²) >= 11 is 0. The average Bonchev–Trinajstić information content (AvgIpc) is 2.42. The molecule has 4 rings (SSSR count). The molecule has 2 aliphatic heterocycles. The van der Waals surface area contributed by atoms with Crippen molar-refractivity contribution in [3.05, 3.63) is 0 Å². The molecule has 20 heavy (non-hydrogen) atoms. The summed E-state index contributed by atoms with van der Waals surface area (Å²) < 4.78 is 0. The summed E-state index contributed by atoms with van der Waals surface area (Å²) in [6, 6.07) is 0. The first-order valence-electron chi connectivity index (χ1n) is 8.19. The van der Waals surface area contributed by atoms with Gasteiger partial charge in [0.1, 0.15) is 5.60 Å². The fourth-order valence-electron chi connectivity index (χ4n) is 6.11. The maximum absolute atomic E-state index is 12.7. The quantitative estimate of drug-likeness (QED) is 0.693. The molecule has 112 valence electrons. The summed E-state index contributed by atoms with van der Waals surface area (Å²) in [6.45, 7) is 4.09. The molecule has 2 aliphatic carbocycles. The maximum atomic E-state index is 12.7. The Morgan fingerprint density at radius 3 is 2.85 bits per heavy atom. The van der Waals surface area contributed by atoms with Crippen LogP contribution >= 0.6 is 0 Å². The Balaban J connectivity index is 1.89. The Hall–Kier alpha value is -0.450. The summed E-state index contributed by atoms with van der Waals surface area (Å²) in [6.07, 6.45) is 4.50. The molecule has 2 heterocycles. The highest BCUT2D eigenvalue weighted by Gasteiger charge is 2.71. The second kappa shape index (κ2) is 4.05. The molecule has 4 heteroatoms. The van der Waals surface area contributed by atoms with Crippen LogP contribution in [-0.4, -0.2) is 51.2 Å². The third kappa shape index (κ3) is 1.31. The van der Waals surface area contributed by atoms with E-state index < -0.39 is 5.60 Å². The largest absolute Gasteiger partial charge is 0.393 e. The number of ketones is 1. The van der Waals surface area contributed by atoms with E-state index in [0.717, 1.165) is 38.8 Å². The van der Waals surface area contributed by atoms with Crippen molar-refractivity contribution in [1.82, 2.24) is 4.90 Å². The number of carbonyl (C=O) groups is 1. The maximum Gasteiger partial charge on any atom is 0.166 e. The predicted molar refractivity (Wildman–Crippen MR) is 74.1 cm³/mol. The van der Waals surface area contributed by atoms with Crippen LogP contribution in [0.4, 0.5) is 0 Å². The van der Waals surface area contributed by atoms with E-state index in [1.54, 1.807) is 0 Å². The molecular formula is C16H25NO3. The monoisotopic (exact) mass is 279 g/mol. The van der Waals surface area contributed by atoms with Crippen LogP contribution in [0.1, 0.15) is 45.4 Å². The second-order valence-corrected chi connectivity index (χ2v) is 7.59. The first-order valence-corrected chi connectivity index (χ1v) is 8.19. The average molecular weight is 279 g/mol. The number of hydrogen-bond donors (Lipinski definition) is 2. The van der Waals surface area contributed by atoms with E-state index in [9.17, 15) is 15.0 Å². The number of piperidine rings is 2. The molecule has 2 saturated heterocycles. The van der Waals surface area contributed by atoms with Crippen molar-refractivity contribution >= 4 is 5.78 Å². The third-order valence-corrected chi connectivity index (χ3v) is 6.86. The lowest BCUT2D eigenvalue weighted by atomic mass is 9.46. The van der Waals surface area contributed by atoms with Crippen molar-refractivity contribution in [2.75, 3.05) is 13.1 Å². The number of nitrogens with zero attached hydrogens (tertiary/aromatic N) is 1. The summed E-state index contributed by atoms with van der Waals surface area (Å²) in [5, 5.41) is 21.8. The van der Waals surface area contributed by atoms with Gasteiger partial charge in [-0.3, -0.25) is 9.69 Å². The molecule has 6 atom stereocenters. The van der Waals surface area contributed by atoms with Gasteiger partial charge in [-0.15, -0.1) is 0 Å². The Kier molecular flexibility index (Phi) is 2.68. The molecule has 2 N–H and O–H groups in total. The van der Waals surface area contributed by atoms with Gasteiger partial charge in [-0.25, -0.2) is 0 Å². The van der Waals surface area contributed by atoms with Crippen LogP contribution < -0.4 is 0 Å². The molecule has 4 aliphatic rings. The molecule has 2 saturated carbocycles. The fraction of sp³-hybridized carbons (Fsp3) is 0.938. The second-order valence-electron chi connectivity index (χ2n) is 7.59. The highest BCUT2D eigenvalue weighted by atomic mass is 16.3. The van der Waals surface area contributed by atoms with Gasteiger partial charge in [0.05, 0.1) is 11.6 Å². The lowest BCUT2D eigenvalue weighted by molar-refractivity contribution is -0.246. The van der Waals surface area contributed by atoms with Gasteiger partial charge in [-0.1, -0.05) is 6.92 Å². The van der Waals surface area contributed by atoms with E-state index in [-0.39, 0.29) is 29.3 Å². The minimum Gasteiger partial charge on any atom is -0.393 e. The number of hydrogen-bond acceptors (Lipinski definition) is 4. The highest BCUT2D eigenvalue weighted by molar-refractivity contribution is 5.90. The molecule has 2 bridgehead atoms. The zero-order valence-electron chi connectivity index (χ0n) is 12.2. The Labute approximate surface area is 120 Å². The Morgan fingerprint density at radius 2 is 2.05 bits per heavy atom. The lowest BCUT2D eigenvalue weighted by Gasteiger charge is -2.69. The lowest BCUT2D eigenvalue weighted by Crippen LogP contribution is -2.81. The molecule has 0 amide bonds. The first-order chi connectivity index (χ1) is 9.50. The van der Waals surface area contributed by atoms with Gasteiger partial charge < -0.3 is 10.2 Å². The summed E-state index contributed by atoms with van der Waals surface area (Å²) in [5.74, 6) is 0.531. The standard InChI is InChI=1S/C16H25NO3/c1-10-9-15-12-4-2-6-17(15)7-3-5-16(15,20)13(18)8-11(12)14(10)19/h10-12,14,19-20H,2-9H2,1H3/t10-,11?,12+,14+,15+,16-/m0/s1. The number of carbonyl (C=O) groups excluding carboxylic acids is 1. The summed E-state index contributed by atoms with van der Waals surface area (Å²) in [4.78, 5) is 15.1. The van der Waals surface area contributed by atoms with Gasteiger partial charge in [0, 0.05) is 6.42 Å². The van der Waals surface area contributed by atoms with Gasteiger partial charge in [-0.05, 0) is 62.9 Å². The number of aliphatic hydroxyl groups excluding tert-OH is 1. The molecule has 0 aromatic heterocycles. The molecule has 4 nitrogen and oxygen atoms in total. The fourth-order valence-corrected chi connectivity index (χ4v) is 6.11. The summed E-state index contributed by atoms with van der Waals surface area (Å²) in [7, 11) is 0. The zero-order valence-corrected chi connectivity index (χ0v) is 12.2. The molecule has 0 radical (unpaired) electrons. The number of Topliss-reactive ketones (excluding diaryl/α,β-unsaturated/α-hetero) is 1. The van der Waals surface area contributed by atoms with Crippen molar-refractivity contribution in [2.45, 2.75) is 62.7 Å². The molecular weight excluding hydrogens is 254 g/mol. The minimum absolute atomic E-state index is 0.00343. The van der Waals surface area contributed by atoms with Gasteiger partial charge in [0.15, 0.2) is 5.78 Å². The SMILES string of the molecule is C[C@H]1C[C@]23[C@@H]4CCCN2CCC[C@]3(O)C(=O)CC4[C@@H]1O. The van der Waals surface area contributed by atoms with E-state index in [2.05, 4.69) is 11.8 Å². The van der Waals surface area contributed by atoms with Crippen LogP contribution in [0.2, 0.25) is 0 Å². The van der Waals surface area contributed by atoms with E-state index >= 15 is 0 Å². The third-order valence-electron chi connectivity index (χ3n) is 6.86. The molecule has 0 aromatic rings. The number of rotatable bonds is 0. The Bertz CT molecular complexity index is 451. The Morgan fingerprint density at radius 1 is 1.30 bits per heavy atom. The van der Waals surface area contributed by atoms with Crippen LogP contribution in [0.5, 0.6) is 0 Å².